The number of benzene rings is 1. The molecule has 0 aromatic heterocycles. The van der Waals surface area contributed by atoms with E-state index in [4.69, 9.17) is 9.47 Å². The monoisotopic (exact) mass is 308 g/mol. The number of halogens is 1. The fourth-order valence-electron chi connectivity index (χ4n) is 1.15. The molecular formula is C10H13IO3. The molecule has 0 radical (unpaired) electrons. The number of hydrogen-bond acceptors (Lipinski definition) is 3. The van der Waals surface area contributed by atoms with Gasteiger partial charge in [-0.15, -0.1) is 0 Å². The minimum absolute atomic E-state index is 0.449. The van der Waals surface area contributed by atoms with Crippen molar-refractivity contribution in [2.45, 2.75) is 6.10 Å². The van der Waals surface area contributed by atoms with E-state index in [2.05, 4.69) is 22.6 Å². The van der Waals surface area contributed by atoms with E-state index in [-0.39, 0.29) is 0 Å². The van der Waals surface area contributed by atoms with Crippen LogP contribution in [0.4, 0.5) is 0 Å². The third-order valence-corrected chi connectivity index (χ3v) is 2.77. The first-order chi connectivity index (χ1) is 6.72. The second kappa shape index (κ2) is 5.41. The second-order valence-electron chi connectivity index (χ2n) is 2.78. The normalized spacial score (nSPS) is 12.3. The van der Waals surface area contributed by atoms with E-state index >= 15 is 0 Å². The lowest BCUT2D eigenvalue weighted by molar-refractivity contribution is 0.206. The fourth-order valence-corrected chi connectivity index (χ4v) is 1.66. The Morgan fingerprint density at radius 2 is 1.93 bits per heavy atom. The van der Waals surface area contributed by atoms with E-state index in [1.165, 1.54) is 0 Å². The first-order valence-corrected chi connectivity index (χ1v) is 5.71. The summed E-state index contributed by atoms with van der Waals surface area (Å²) in [6, 6.07) is 5.43. The molecule has 14 heavy (non-hydrogen) atoms. The molecule has 0 aliphatic rings. The van der Waals surface area contributed by atoms with E-state index in [0.29, 0.717) is 15.9 Å². The van der Waals surface area contributed by atoms with Crippen molar-refractivity contribution in [1.82, 2.24) is 0 Å². The third-order valence-electron chi connectivity index (χ3n) is 1.94. The van der Waals surface area contributed by atoms with Gasteiger partial charge in [-0.05, 0) is 17.7 Å². The summed E-state index contributed by atoms with van der Waals surface area (Å²) >= 11 is 2.14. The predicted molar refractivity (Wildman–Crippen MR) is 63.4 cm³/mol. The van der Waals surface area contributed by atoms with Crippen LogP contribution in [0.3, 0.4) is 0 Å². The van der Waals surface area contributed by atoms with E-state index in [0.717, 1.165) is 5.56 Å². The molecule has 3 nitrogen and oxygen atoms in total. The molecule has 1 atom stereocenters. The number of alkyl halides is 1. The summed E-state index contributed by atoms with van der Waals surface area (Å²) in [5.41, 5.74) is 0.844. The minimum atomic E-state index is -0.449. The summed E-state index contributed by atoms with van der Waals surface area (Å²) in [7, 11) is 3.17. The van der Waals surface area contributed by atoms with Gasteiger partial charge in [0, 0.05) is 4.43 Å². The lowest BCUT2D eigenvalue weighted by atomic mass is 10.1. The van der Waals surface area contributed by atoms with E-state index in [9.17, 15) is 5.11 Å². The topological polar surface area (TPSA) is 38.7 Å². The number of ether oxygens (including phenoxy) is 2. The quantitative estimate of drug-likeness (QED) is 0.684. The number of rotatable bonds is 4. The van der Waals surface area contributed by atoms with E-state index in [1.807, 2.05) is 6.07 Å². The second-order valence-corrected chi connectivity index (χ2v) is 3.67. The van der Waals surface area contributed by atoms with Gasteiger partial charge in [-0.3, -0.25) is 0 Å². The molecule has 0 fully saturated rings. The van der Waals surface area contributed by atoms with Crippen LogP contribution in [-0.2, 0) is 0 Å². The summed E-state index contributed by atoms with van der Waals surface area (Å²) in [6.07, 6.45) is -0.449. The number of methoxy groups -OCH3 is 2. The summed E-state index contributed by atoms with van der Waals surface area (Å²) in [5.74, 6) is 1.32. The van der Waals surface area contributed by atoms with Crippen molar-refractivity contribution in [3.8, 4) is 11.5 Å². The maximum Gasteiger partial charge on any atom is 0.161 e. The van der Waals surface area contributed by atoms with Crippen molar-refractivity contribution in [3.63, 3.8) is 0 Å². The standard InChI is InChI=1S/C10H13IO3/c1-13-9-4-3-7(8(12)6-11)5-10(9)14-2/h3-5,8,12H,6H2,1-2H3/t8-/m0/s1. The lowest BCUT2D eigenvalue weighted by Crippen LogP contribution is -1.99. The molecule has 1 aromatic carbocycles. The van der Waals surface area contributed by atoms with Crippen LogP contribution in [0.5, 0.6) is 11.5 Å². The van der Waals surface area contributed by atoms with Crippen molar-refractivity contribution in [1.29, 1.82) is 0 Å². The van der Waals surface area contributed by atoms with Gasteiger partial charge in [0.2, 0.25) is 0 Å². The van der Waals surface area contributed by atoms with E-state index in [1.54, 1.807) is 26.4 Å². The van der Waals surface area contributed by atoms with Gasteiger partial charge < -0.3 is 14.6 Å². The molecule has 0 bridgehead atoms. The maximum absolute atomic E-state index is 9.61. The smallest absolute Gasteiger partial charge is 0.161 e. The molecule has 1 N–H and O–H groups in total. The molecule has 0 saturated carbocycles. The average Bonchev–Trinajstić information content (AvgIpc) is 2.26. The van der Waals surface area contributed by atoms with Crippen molar-refractivity contribution in [2.24, 2.45) is 0 Å². The molecule has 1 aromatic rings. The minimum Gasteiger partial charge on any atom is -0.493 e. The molecule has 0 heterocycles. The Morgan fingerprint density at radius 3 is 2.43 bits per heavy atom. The Kier molecular flexibility index (Phi) is 4.47. The Bertz CT molecular complexity index is 301. The molecule has 0 spiro atoms. The van der Waals surface area contributed by atoms with Gasteiger partial charge in [-0.2, -0.15) is 0 Å². The van der Waals surface area contributed by atoms with Crippen molar-refractivity contribution in [3.05, 3.63) is 23.8 Å². The van der Waals surface area contributed by atoms with Crippen LogP contribution >= 0.6 is 22.6 Å². The highest BCUT2D eigenvalue weighted by Gasteiger charge is 2.09. The zero-order chi connectivity index (χ0) is 10.6. The van der Waals surface area contributed by atoms with Crippen LogP contribution in [0, 0.1) is 0 Å². The summed E-state index contributed by atoms with van der Waals surface area (Å²) in [5, 5.41) is 9.61. The summed E-state index contributed by atoms with van der Waals surface area (Å²) < 4.78 is 10.9. The van der Waals surface area contributed by atoms with Crippen LogP contribution in [0.1, 0.15) is 11.7 Å². The predicted octanol–water partition coefficient (Wildman–Crippen LogP) is 2.17. The first kappa shape index (κ1) is 11.6. The van der Waals surface area contributed by atoms with Gasteiger partial charge in [-0.25, -0.2) is 0 Å². The average molecular weight is 308 g/mol. The Labute approximate surface area is 97.2 Å². The molecular weight excluding hydrogens is 295 g/mol. The van der Waals surface area contributed by atoms with Crippen molar-refractivity contribution >= 4 is 22.6 Å². The maximum atomic E-state index is 9.61. The zero-order valence-electron chi connectivity index (χ0n) is 8.16. The molecule has 0 amide bonds. The first-order valence-electron chi connectivity index (χ1n) is 4.19. The molecule has 0 saturated heterocycles. The lowest BCUT2D eigenvalue weighted by Gasteiger charge is -2.11. The largest absolute Gasteiger partial charge is 0.493 e. The summed E-state index contributed by atoms with van der Waals surface area (Å²) in [4.78, 5) is 0. The number of aliphatic hydroxyl groups excluding tert-OH is 1. The highest BCUT2D eigenvalue weighted by atomic mass is 127. The molecule has 0 aliphatic heterocycles. The third kappa shape index (κ3) is 2.51. The van der Waals surface area contributed by atoms with Gasteiger partial charge in [0.05, 0.1) is 20.3 Å². The van der Waals surface area contributed by atoms with Gasteiger partial charge in [0.15, 0.2) is 11.5 Å². The molecule has 78 valence electrons. The molecule has 4 heteroatoms. The fraction of sp³-hybridized carbons (Fsp3) is 0.400. The van der Waals surface area contributed by atoms with Crippen LogP contribution in [-0.4, -0.2) is 23.8 Å². The van der Waals surface area contributed by atoms with Crippen LogP contribution in [0.2, 0.25) is 0 Å². The highest BCUT2D eigenvalue weighted by molar-refractivity contribution is 14.1. The number of hydrogen-bond donors (Lipinski definition) is 1. The Balaban J connectivity index is 3.01. The van der Waals surface area contributed by atoms with Gasteiger partial charge in [-0.1, -0.05) is 28.7 Å². The number of aliphatic hydroxyl groups is 1. The van der Waals surface area contributed by atoms with E-state index < -0.39 is 6.10 Å². The Hall–Kier alpha value is -0.490. The Morgan fingerprint density at radius 1 is 1.29 bits per heavy atom. The highest BCUT2D eigenvalue weighted by Crippen LogP contribution is 2.30. The van der Waals surface area contributed by atoms with Crippen molar-refractivity contribution < 1.29 is 14.6 Å². The van der Waals surface area contributed by atoms with Gasteiger partial charge in [0.25, 0.3) is 0 Å². The van der Waals surface area contributed by atoms with Gasteiger partial charge in [0.1, 0.15) is 0 Å². The molecule has 1 rings (SSSR count). The van der Waals surface area contributed by atoms with Crippen molar-refractivity contribution in [2.75, 3.05) is 18.6 Å². The molecule has 0 unspecified atom stereocenters. The SMILES string of the molecule is COc1ccc([C@@H](O)CI)cc1OC. The van der Waals surface area contributed by atoms with Gasteiger partial charge >= 0.3 is 0 Å². The van der Waals surface area contributed by atoms with Crippen LogP contribution in [0.25, 0.3) is 0 Å². The van der Waals surface area contributed by atoms with Crippen LogP contribution < -0.4 is 9.47 Å². The zero-order valence-corrected chi connectivity index (χ0v) is 10.3. The summed E-state index contributed by atoms with van der Waals surface area (Å²) in [6.45, 7) is 0. The molecule has 0 aliphatic carbocycles. The van der Waals surface area contributed by atoms with Crippen LogP contribution in [0.15, 0.2) is 18.2 Å².